The van der Waals surface area contributed by atoms with E-state index in [1.54, 1.807) is 12.1 Å². The minimum absolute atomic E-state index is 0.00398. The average molecular weight is 450 g/mol. The quantitative estimate of drug-likeness (QED) is 0.144. The number of carbonyl (C=O) groups is 3. The largest absolute Gasteiger partial charge is 0.467 e. The maximum atomic E-state index is 12.3. The van der Waals surface area contributed by atoms with Gasteiger partial charge in [-0.15, -0.1) is 0 Å². The van der Waals surface area contributed by atoms with Gasteiger partial charge in [0.2, 0.25) is 5.91 Å². The number of nitrogens with two attached hydrogens (primary N) is 1. The molecule has 3 atom stereocenters. The van der Waals surface area contributed by atoms with Crippen molar-refractivity contribution in [3.8, 4) is 0 Å². The van der Waals surface area contributed by atoms with Crippen LogP contribution in [-0.4, -0.2) is 56.2 Å². The van der Waals surface area contributed by atoms with Crippen molar-refractivity contribution in [2.45, 2.75) is 50.8 Å². The predicted octanol–water partition coefficient (Wildman–Crippen LogP) is 0.879. The number of esters is 1. The fraction of sp³-hybridized carbons (Fsp3) is 0.524. The van der Waals surface area contributed by atoms with Crippen molar-refractivity contribution >= 4 is 23.8 Å². The number of hydroxylamine groups is 1. The van der Waals surface area contributed by atoms with Crippen LogP contribution in [0.2, 0.25) is 0 Å². The second-order valence-corrected chi connectivity index (χ2v) is 7.40. The van der Waals surface area contributed by atoms with Crippen LogP contribution in [0, 0.1) is 5.41 Å². The maximum Gasteiger partial charge on any atom is 0.407 e. The van der Waals surface area contributed by atoms with Gasteiger partial charge in [-0.05, 0) is 18.4 Å². The molecule has 1 saturated heterocycles. The van der Waals surface area contributed by atoms with Crippen LogP contribution < -0.4 is 21.8 Å². The van der Waals surface area contributed by atoms with E-state index >= 15 is 0 Å². The first-order valence-corrected chi connectivity index (χ1v) is 10.5. The normalized spacial score (nSPS) is 18.4. The summed E-state index contributed by atoms with van der Waals surface area (Å²) in [5.74, 6) is -1.03. The lowest BCUT2D eigenvalue weighted by Gasteiger charge is -2.17. The first-order valence-electron chi connectivity index (χ1n) is 10.5. The lowest BCUT2D eigenvalue weighted by atomic mass is 9.99. The Kier molecular flexibility index (Phi) is 9.89. The Hall–Kier alpha value is -3.18. The van der Waals surface area contributed by atoms with Crippen molar-refractivity contribution in [1.82, 2.24) is 16.1 Å². The summed E-state index contributed by atoms with van der Waals surface area (Å²) in [6.45, 7) is 2.07. The van der Waals surface area contributed by atoms with Crippen LogP contribution in [0.3, 0.4) is 0 Å². The highest BCUT2D eigenvalue weighted by Gasteiger charge is 2.29. The van der Waals surface area contributed by atoms with Crippen molar-refractivity contribution in [3.63, 3.8) is 0 Å². The molecule has 0 bridgehead atoms. The molecule has 32 heavy (non-hydrogen) atoms. The molecule has 1 aromatic rings. The van der Waals surface area contributed by atoms with E-state index in [1.807, 2.05) is 19.1 Å². The third-order valence-corrected chi connectivity index (χ3v) is 4.92. The molecule has 0 saturated carbocycles. The molecular formula is C21H31N5O6. The van der Waals surface area contributed by atoms with Gasteiger partial charge >= 0.3 is 12.1 Å². The minimum atomic E-state index is -1.06. The molecule has 2 amide bonds. The van der Waals surface area contributed by atoms with Crippen molar-refractivity contribution in [1.29, 1.82) is 5.41 Å². The van der Waals surface area contributed by atoms with Crippen molar-refractivity contribution in [2.24, 2.45) is 5.73 Å². The highest BCUT2D eigenvalue weighted by molar-refractivity contribution is 5.94. The molecule has 1 aliphatic rings. The van der Waals surface area contributed by atoms with Crippen LogP contribution in [0.15, 0.2) is 24.3 Å². The highest BCUT2D eigenvalue weighted by atomic mass is 16.7. The Bertz CT molecular complexity index is 800. The molecule has 2 rings (SSSR count). The third-order valence-electron chi connectivity index (χ3n) is 4.92. The van der Waals surface area contributed by atoms with Crippen LogP contribution in [0.5, 0.6) is 0 Å². The van der Waals surface area contributed by atoms with E-state index in [4.69, 9.17) is 20.7 Å². The van der Waals surface area contributed by atoms with Gasteiger partial charge < -0.3 is 25.8 Å². The second kappa shape index (κ2) is 12.6. The van der Waals surface area contributed by atoms with Crippen molar-refractivity contribution in [2.75, 3.05) is 20.3 Å². The van der Waals surface area contributed by atoms with E-state index in [0.29, 0.717) is 18.4 Å². The van der Waals surface area contributed by atoms with Gasteiger partial charge in [-0.25, -0.2) is 9.59 Å². The summed E-state index contributed by atoms with van der Waals surface area (Å²) in [4.78, 5) is 41.5. The Labute approximate surface area is 186 Å². The van der Waals surface area contributed by atoms with Gasteiger partial charge in [0.05, 0.1) is 32.3 Å². The van der Waals surface area contributed by atoms with E-state index in [-0.39, 0.29) is 43.5 Å². The van der Waals surface area contributed by atoms with Gasteiger partial charge in [-0.1, -0.05) is 37.6 Å². The van der Waals surface area contributed by atoms with E-state index in [2.05, 4.69) is 20.9 Å². The summed E-state index contributed by atoms with van der Waals surface area (Å²) < 4.78 is 9.65. The molecule has 0 spiro atoms. The lowest BCUT2D eigenvalue weighted by Crippen LogP contribution is -2.49. The molecule has 6 N–H and O–H groups in total. The second-order valence-electron chi connectivity index (χ2n) is 7.40. The number of rotatable bonds is 11. The molecular weight excluding hydrogens is 418 g/mol. The first kappa shape index (κ1) is 25.1. The zero-order valence-electron chi connectivity index (χ0n) is 18.3. The topological polar surface area (TPSA) is 165 Å². The zero-order valence-corrected chi connectivity index (χ0v) is 18.3. The summed E-state index contributed by atoms with van der Waals surface area (Å²) in [6, 6.07) is 6.06. The number of amidine groups is 1. The van der Waals surface area contributed by atoms with Gasteiger partial charge in [-0.3, -0.25) is 15.0 Å². The molecule has 1 aromatic carbocycles. The molecule has 2 unspecified atom stereocenters. The number of unbranched alkanes of at least 4 members (excludes halogenated alkanes) is 1. The van der Waals surface area contributed by atoms with Gasteiger partial charge in [-0.2, -0.15) is 5.48 Å². The predicted molar refractivity (Wildman–Crippen MR) is 116 cm³/mol. The first-order chi connectivity index (χ1) is 15.3. The van der Waals surface area contributed by atoms with Crippen LogP contribution in [0.1, 0.15) is 49.8 Å². The summed E-state index contributed by atoms with van der Waals surface area (Å²) in [5, 5.41) is 12.5. The van der Waals surface area contributed by atoms with E-state index in [1.165, 1.54) is 7.11 Å². The number of carbonyl (C=O) groups excluding carboxylic acids is 3. The van der Waals surface area contributed by atoms with Crippen molar-refractivity contribution < 1.29 is 28.7 Å². The standard InChI is InChI=1S/C21H31N5O6/c1-3-4-9-31-21(29)25-17(20(28)30-2)12-24-18(27)11-15-10-16(26-32-15)13-5-7-14(8-6-13)19(22)23/h5-8,15-17,26H,3-4,9-12H2,1-2H3,(H3,22,23)(H,24,27)(H,25,29)/t15-,16?,17?/m1/s1. The van der Waals surface area contributed by atoms with Crippen molar-refractivity contribution in [3.05, 3.63) is 35.4 Å². The smallest absolute Gasteiger partial charge is 0.407 e. The van der Waals surface area contributed by atoms with Gasteiger partial charge in [0.25, 0.3) is 0 Å². The average Bonchev–Trinajstić information content (AvgIpc) is 3.24. The number of hydrogen-bond donors (Lipinski definition) is 5. The number of methoxy groups -OCH3 is 1. The molecule has 11 nitrogen and oxygen atoms in total. The number of nitrogen functional groups attached to an aromatic ring is 1. The number of hydrogen-bond acceptors (Lipinski definition) is 8. The minimum Gasteiger partial charge on any atom is -0.467 e. The number of benzene rings is 1. The Morgan fingerprint density at radius 1 is 1.31 bits per heavy atom. The summed E-state index contributed by atoms with van der Waals surface area (Å²) in [7, 11) is 1.20. The Morgan fingerprint density at radius 2 is 2.03 bits per heavy atom. The van der Waals surface area contributed by atoms with E-state index < -0.39 is 18.1 Å². The Balaban J connectivity index is 1.79. The lowest BCUT2D eigenvalue weighted by molar-refractivity contribution is -0.143. The number of ether oxygens (including phenoxy) is 2. The van der Waals surface area contributed by atoms with Gasteiger partial charge in [0.1, 0.15) is 11.9 Å². The fourth-order valence-corrected chi connectivity index (χ4v) is 3.09. The van der Waals surface area contributed by atoms with E-state index in [9.17, 15) is 14.4 Å². The highest BCUT2D eigenvalue weighted by Crippen LogP contribution is 2.27. The van der Waals surface area contributed by atoms with Crippen LogP contribution in [-0.2, 0) is 23.9 Å². The molecule has 0 aromatic heterocycles. The number of alkyl carbamates (subject to hydrolysis) is 1. The molecule has 1 heterocycles. The van der Waals surface area contributed by atoms with E-state index in [0.717, 1.165) is 12.0 Å². The molecule has 0 radical (unpaired) electrons. The number of amides is 2. The summed E-state index contributed by atoms with van der Waals surface area (Å²) >= 11 is 0. The molecule has 11 heteroatoms. The molecule has 0 aliphatic carbocycles. The third kappa shape index (κ3) is 7.82. The molecule has 1 fully saturated rings. The molecule has 1 aliphatic heterocycles. The van der Waals surface area contributed by atoms with Crippen LogP contribution in [0.4, 0.5) is 4.79 Å². The summed E-state index contributed by atoms with van der Waals surface area (Å²) in [6.07, 6.45) is 1.11. The Morgan fingerprint density at radius 3 is 2.66 bits per heavy atom. The maximum absolute atomic E-state index is 12.3. The fourth-order valence-electron chi connectivity index (χ4n) is 3.09. The number of nitrogens with one attached hydrogen (secondary N) is 4. The van der Waals surface area contributed by atoms with Crippen LogP contribution >= 0.6 is 0 Å². The SMILES string of the molecule is CCCCOC(=O)NC(CNC(=O)C[C@H]1CC(c2ccc(C(=N)N)cc2)NO1)C(=O)OC. The summed E-state index contributed by atoms with van der Waals surface area (Å²) in [5.41, 5.74) is 9.96. The van der Waals surface area contributed by atoms with Gasteiger partial charge in [0.15, 0.2) is 0 Å². The van der Waals surface area contributed by atoms with Gasteiger partial charge in [0, 0.05) is 12.1 Å². The zero-order chi connectivity index (χ0) is 23.5. The van der Waals surface area contributed by atoms with Crippen LogP contribution in [0.25, 0.3) is 0 Å². The molecule has 176 valence electrons. The monoisotopic (exact) mass is 449 g/mol.